The Morgan fingerprint density at radius 3 is 2.70 bits per heavy atom. The van der Waals surface area contributed by atoms with E-state index in [4.69, 9.17) is 4.74 Å². The highest BCUT2D eigenvalue weighted by atomic mass is 16.5. The molecule has 1 aliphatic heterocycles. The Morgan fingerprint density at radius 1 is 1.35 bits per heavy atom. The van der Waals surface area contributed by atoms with Gasteiger partial charge in [-0.25, -0.2) is 0 Å². The van der Waals surface area contributed by atoms with E-state index in [1.54, 1.807) is 0 Å². The molecule has 5 heteroatoms. The minimum Gasteiger partial charge on any atom is -0.377 e. The van der Waals surface area contributed by atoms with Crippen LogP contribution in [-0.2, 0) is 4.74 Å². The van der Waals surface area contributed by atoms with E-state index < -0.39 is 0 Å². The van der Waals surface area contributed by atoms with Crippen LogP contribution in [0.15, 0.2) is 17.1 Å². The van der Waals surface area contributed by atoms with E-state index in [0.29, 0.717) is 12.1 Å². The zero-order valence-corrected chi connectivity index (χ0v) is 15.5. The summed E-state index contributed by atoms with van der Waals surface area (Å²) in [6, 6.07) is 0.525. The summed E-state index contributed by atoms with van der Waals surface area (Å²) >= 11 is 0. The van der Waals surface area contributed by atoms with E-state index in [9.17, 15) is 0 Å². The number of allylic oxidation sites excluding steroid dienone is 1. The van der Waals surface area contributed by atoms with Gasteiger partial charge in [-0.1, -0.05) is 12.2 Å². The van der Waals surface area contributed by atoms with Crippen LogP contribution < -0.4 is 10.6 Å². The molecule has 0 aromatic rings. The normalized spacial score (nSPS) is 18.0. The second kappa shape index (κ2) is 12.4. The first-order chi connectivity index (χ1) is 11.2. The number of nitrogens with zero attached hydrogens (tertiary/aromatic N) is 2. The van der Waals surface area contributed by atoms with E-state index in [0.717, 1.165) is 51.7 Å². The molecule has 0 aromatic carbocycles. The maximum atomic E-state index is 5.64. The van der Waals surface area contributed by atoms with Crippen LogP contribution >= 0.6 is 0 Å². The van der Waals surface area contributed by atoms with Crippen LogP contribution in [0.5, 0.6) is 0 Å². The van der Waals surface area contributed by atoms with Gasteiger partial charge in [-0.15, -0.1) is 0 Å². The van der Waals surface area contributed by atoms with Gasteiger partial charge in [-0.2, -0.15) is 0 Å². The lowest BCUT2D eigenvalue weighted by Crippen LogP contribution is -2.49. The zero-order chi connectivity index (χ0) is 16.9. The molecular formula is C18H36N4O. The highest BCUT2D eigenvalue weighted by molar-refractivity contribution is 5.80. The third-order valence-electron chi connectivity index (χ3n) is 3.93. The lowest BCUT2D eigenvalue weighted by atomic mass is 10.1. The fourth-order valence-electron chi connectivity index (χ4n) is 2.65. The predicted molar refractivity (Wildman–Crippen MR) is 99.1 cm³/mol. The second-order valence-corrected chi connectivity index (χ2v) is 6.30. The summed E-state index contributed by atoms with van der Waals surface area (Å²) in [5.41, 5.74) is 0. The average molecular weight is 325 g/mol. The molecule has 0 spiro atoms. The SMILES string of the molecule is C/C=C/CCN=C(NCC)NC1CCN(CCOC(C)C)CC1. The Labute approximate surface area is 142 Å². The number of rotatable bonds is 9. The molecule has 2 N–H and O–H groups in total. The lowest BCUT2D eigenvalue weighted by molar-refractivity contribution is 0.0532. The summed E-state index contributed by atoms with van der Waals surface area (Å²) in [5.74, 6) is 0.957. The van der Waals surface area contributed by atoms with Crippen molar-refractivity contribution in [1.82, 2.24) is 15.5 Å². The smallest absolute Gasteiger partial charge is 0.191 e. The molecule has 0 radical (unpaired) electrons. The third kappa shape index (κ3) is 9.61. The number of hydrogen-bond acceptors (Lipinski definition) is 3. The van der Waals surface area contributed by atoms with Crippen molar-refractivity contribution in [3.8, 4) is 0 Å². The maximum absolute atomic E-state index is 5.64. The summed E-state index contributed by atoms with van der Waals surface area (Å²) in [4.78, 5) is 7.14. The minimum atomic E-state index is 0.329. The van der Waals surface area contributed by atoms with Gasteiger partial charge >= 0.3 is 0 Å². The summed E-state index contributed by atoms with van der Waals surface area (Å²) < 4.78 is 5.64. The van der Waals surface area contributed by atoms with Crippen LogP contribution in [0.4, 0.5) is 0 Å². The second-order valence-electron chi connectivity index (χ2n) is 6.30. The van der Waals surface area contributed by atoms with Crippen LogP contribution in [0, 0.1) is 0 Å². The van der Waals surface area contributed by atoms with E-state index in [1.165, 1.54) is 12.8 Å². The van der Waals surface area contributed by atoms with Crippen molar-refractivity contribution in [2.75, 3.05) is 39.3 Å². The fraction of sp³-hybridized carbons (Fsp3) is 0.833. The Bertz CT molecular complexity index is 347. The number of nitrogens with one attached hydrogen (secondary N) is 2. The molecule has 1 heterocycles. The number of guanidine groups is 1. The van der Waals surface area contributed by atoms with E-state index in [-0.39, 0.29) is 0 Å². The zero-order valence-electron chi connectivity index (χ0n) is 15.5. The Balaban J connectivity index is 2.28. The van der Waals surface area contributed by atoms with E-state index in [2.05, 4.69) is 53.4 Å². The number of hydrogen-bond donors (Lipinski definition) is 2. The van der Waals surface area contributed by atoms with Crippen molar-refractivity contribution < 1.29 is 4.74 Å². The largest absolute Gasteiger partial charge is 0.377 e. The van der Waals surface area contributed by atoms with Crippen LogP contribution in [0.25, 0.3) is 0 Å². The van der Waals surface area contributed by atoms with Gasteiger partial charge in [0.2, 0.25) is 0 Å². The summed E-state index contributed by atoms with van der Waals surface area (Å²) in [6.45, 7) is 14.2. The summed E-state index contributed by atoms with van der Waals surface area (Å²) in [7, 11) is 0. The average Bonchev–Trinajstić information content (AvgIpc) is 2.53. The molecule has 5 nitrogen and oxygen atoms in total. The number of aliphatic imine (C=N–C) groups is 1. The van der Waals surface area contributed by atoms with Crippen LogP contribution in [0.1, 0.15) is 47.0 Å². The van der Waals surface area contributed by atoms with Gasteiger partial charge in [0, 0.05) is 38.8 Å². The van der Waals surface area contributed by atoms with Gasteiger partial charge in [-0.05, 0) is 47.0 Å². The third-order valence-corrected chi connectivity index (χ3v) is 3.93. The van der Waals surface area contributed by atoms with Crippen molar-refractivity contribution in [2.45, 2.75) is 59.1 Å². The Hall–Kier alpha value is -1.07. The highest BCUT2D eigenvalue weighted by Gasteiger charge is 2.19. The number of piperidine rings is 1. The van der Waals surface area contributed by atoms with Crippen molar-refractivity contribution in [2.24, 2.45) is 4.99 Å². The molecular weight excluding hydrogens is 288 g/mol. The van der Waals surface area contributed by atoms with Gasteiger partial charge in [0.25, 0.3) is 0 Å². The molecule has 0 saturated carbocycles. The minimum absolute atomic E-state index is 0.329. The maximum Gasteiger partial charge on any atom is 0.191 e. The fourth-order valence-corrected chi connectivity index (χ4v) is 2.65. The first kappa shape index (κ1) is 20.0. The Morgan fingerprint density at radius 2 is 2.09 bits per heavy atom. The molecule has 1 saturated heterocycles. The van der Waals surface area contributed by atoms with Crippen molar-refractivity contribution in [1.29, 1.82) is 0 Å². The van der Waals surface area contributed by atoms with Crippen molar-refractivity contribution >= 4 is 5.96 Å². The van der Waals surface area contributed by atoms with Gasteiger partial charge < -0.3 is 20.3 Å². The highest BCUT2D eigenvalue weighted by Crippen LogP contribution is 2.10. The summed E-state index contributed by atoms with van der Waals surface area (Å²) in [5, 5.41) is 6.93. The van der Waals surface area contributed by atoms with Crippen LogP contribution in [-0.4, -0.2) is 62.3 Å². The molecule has 1 aliphatic rings. The molecule has 0 aliphatic carbocycles. The van der Waals surface area contributed by atoms with Crippen LogP contribution in [0.3, 0.4) is 0 Å². The molecule has 1 fully saturated rings. The first-order valence-electron chi connectivity index (χ1n) is 9.15. The molecule has 0 bridgehead atoms. The van der Waals surface area contributed by atoms with Gasteiger partial charge in [0.1, 0.15) is 0 Å². The first-order valence-corrected chi connectivity index (χ1v) is 9.15. The Kier molecular flexibility index (Phi) is 10.7. The number of likely N-dealkylation sites (tertiary alicyclic amines) is 1. The topological polar surface area (TPSA) is 48.9 Å². The quantitative estimate of drug-likeness (QED) is 0.296. The predicted octanol–water partition coefficient (Wildman–Crippen LogP) is 2.40. The molecule has 0 atom stereocenters. The molecule has 1 rings (SSSR count). The van der Waals surface area contributed by atoms with Gasteiger partial charge in [-0.3, -0.25) is 4.99 Å². The van der Waals surface area contributed by atoms with Gasteiger partial charge in [0.15, 0.2) is 5.96 Å². The van der Waals surface area contributed by atoms with Gasteiger partial charge in [0.05, 0.1) is 12.7 Å². The monoisotopic (exact) mass is 324 g/mol. The molecule has 23 heavy (non-hydrogen) atoms. The summed E-state index contributed by atoms with van der Waals surface area (Å²) in [6.07, 6.45) is 7.90. The number of ether oxygens (including phenoxy) is 1. The van der Waals surface area contributed by atoms with Crippen molar-refractivity contribution in [3.05, 3.63) is 12.2 Å². The standard InChI is InChI=1S/C18H36N4O/c1-5-7-8-11-20-18(19-6-2)21-17-9-12-22(13-10-17)14-15-23-16(3)4/h5,7,16-17H,6,8-15H2,1-4H3,(H2,19,20,21)/b7-5+. The van der Waals surface area contributed by atoms with Crippen molar-refractivity contribution in [3.63, 3.8) is 0 Å². The van der Waals surface area contributed by atoms with Crippen LogP contribution in [0.2, 0.25) is 0 Å². The molecule has 0 aromatic heterocycles. The molecule has 0 amide bonds. The lowest BCUT2D eigenvalue weighted by Gasteiger charge is -2.33. The van der Waals surface area contributed by atoms with E-state index >= 15 is 0 Å². The molecule has 0 unspecified atom stereocenters. The van der Waals surface area contributed by atoms with E-state index in [1.807, 2.05) is 6.92 Å². The molecule has 134 valence electrons.